The summed E-state index contributed by atoms with van der Waals surface area (Å²) in [6.45, 7) is 7.98. The first-order valence-corrected chi connectivity index (χ1v) is 6.95. The Morgan fingerprint density at radius 2 is 1.89 bits per heavy atom. The number of aromatic carboxylic acids is 1. The Bertz CT molecular complexity index is 502. The molecule has 0 atom stereocenters. The molecule has 0 amide bonds. The molecule has 2 rings (SSSR count). The molecule has 1 aromatic rings. The highest BCUT2D eigenvalue weighted by Gasteiger charge is 2.49. The molecule has 102 valence electrons. The standard InChI is InChI=1S/C13H17BO4S/c1-12(2)13(3,4)18-14(17-12)6-5-10-7-9(8-19-10)11(15)16/h5-8H,1-4H3,(H,15,16)/b6-5+. The van der Waals surface area contributed by atoms with E-state index in [9.17, 15) is 4.79 Å². The van der Waals surface area contributed by atoms with Crippen LogP contribution in [0.15, 0.2) is 17.4 Å². The van der Waals surface area contributed by atoms with Crippen LogP contribution in [0.5, 0.6) is 0 Å². The van der Waals surface area contributed by atoms with Crippen LogP contribution < -0.4 is 0 Å². The lowest BCUT2D eigenvalue weighted by Crippen LogP contribution is -2.41. The van der Waals surface area contributed by atoms with E-state index in [4.69, 9.17) is 14.4 Å². The molecule has 0 radical (unpaired) electrons. The first-order valence-electron chi connectivity index (χ1n) is 6.07. The summed E-state index contributed by atoms with van der Waals surface area (Å²) in [6, 6.07) is 1.63. The molecule has 2 heterocycles. The van der Waals surface area contributed by atoms with Crippen molar-refractivity contribution >= 4 is 30.5 Å². The van der Waals surface area contributed by atoms with Gasteiger partial charge in [-0.05, 0) is 33.8 Å². The fourth-order valence-corrected chi connectivity index (χ4v) is 2.48. The van der Waals surface area contributed by atoms with Gasteiger partial charge >= 0.3 is 13.1 Å². The van der Waals surface area contributed by atoms with E-state index in [0.29, 0.717) is 5.56 Å². The van der Waals surface area contributed by atoms with Gasteiger partial charge in [-0.3, -0.25) is 0 Å². The molecule has 1 N–H and O–H groups in total. The van der Waals surface area contributed by atoms with Crippen LogP contribution in [0.2, 0.25) is 0 Å². The average Bonchev–Trinajstić information content (AvgIpc) is 2.79. The van der Waals surface area contributed by atoms with Crippen molar-refractivity contribution in [3.05, 3.63) is 27.9 Å². The lowest BCUT2D eigenvalue weighted by atomic mass is 9.90. The van der Waals surface area contributed by atoms with Crippen molar-refractivity contribution in [1.82, 2.24) is 0 Å². The fourth-order valence-electron chi connectivity index (χ4n) is 1.69. The summed E-state index contributed by atoms with van der Waals surface area (Å²) >= 11 is 1.38. The Labute approximate surface area is 117 Å². The number of carboxylic acids is 1. The second-order valence-corrected chi connectivity index (χ2v) is 6.47. The molecular formula is C13H17BO4S. The SMILES string of the molecule is CC1(C)OB(/C=C/c2cc(C(=O)O)cs2)OC1(C)C. The maximum atomic E-state index is 10.8. The molecular weight excluding hydrogens is 263 g/mol. The molecule has 0 unspecified atom stereocenters. The molecule has 0 spiro atoms. The van der Waals surface area contributed by atoms with Crippen molar-refractivity contribution in [2.24, 2.45) is 0 Å². The molecule has 19 heavy (non-hydrogen) atoms. The molecule has 1 aromatic heterocycles. The zero-order valence-corrected chi connectivity index (χ0v) is 12.3. The molecule has 0 aliphatic carbocycles. The molecule has 1 saturated heterocycles. The van der Waals surface area contributed by atoms with Crippen LogP contribution in [0.4, 0.5) is 0 Å². The number of carbonyl (C=O) groups is 1. The van der Waals surface area contributed by atoms with Gasteiger partial charge in [0, 0.05) is 10.3 Å². The summed E-state index contributed by atoms with van der Waals surface area (Å²) in [5.41, 5.74) is -0.411. The van der Waals surface area contributed by atoms with E-state index in [1.807, 2.05) is 39.7 Å². The van der Waals surface area contributed by atoms with Gasteiger partial charge in [0.05, 0.1) is 16.8 Å². The third kappa shape index (κ3) is 2.91. The van der Waals surface area contributed by atoms with Crippen LogP contribution in [0.1, 0.15) is 42.9 Å². The maximum absolute atomic E-state index is 10.8. The zero-order valence-electron chi connectivity index (χ0n) is 11.5. The van der Waals surface area contributed by atoms with Gasteiger partial charge in [-0.2, -0.15) is 0 Å². The smallest absolute Gasteiger partial charge is 0.478 e. The third-order valence-corrected chi connectivity index (χ3v) is 4.45. The van der Waals surface area contributed by atoms with Crippen molar-refractivity contribution < 1.29 is 19.2 Å². The van der Waals surface area contributed by atoms with Gasteiger partial charge in [0.15, 0.2) is 0 Å². The maximum Gasteiger partial charge on any atom is 0.487 e. The minimum absolute atomic E-state index is 0.304. The largest absolute Gasteiger partial charge is 0.487 e. The predicted octanol–water partition coefficient (Wildman–Crippen LogP) is 3.09. The van der Waals surface area contributed by atoms with Crippen LogP contribution in [0.25, 0.3) is 6.08 Å². The highest BCUT2D eigenvalue weighted by atomic mass is 32.1. The normalized spacial score (nSPS) is 21.2. The van der Waals surface area contributed by atoms with Crippen LogP contribution in [0, 0.1) is 0 Å². The third-order valence-electron chi connectivity index (χ3n) is 3.56. The summed E-state index contributed by atoms with van der Waals surface area (Å²) in [4.78, 5) is 11.6. The lowest BCUT2D eigenvalue weighted by molar-refractivity contribution is 0.00578. The average molecular weight is 280 g/mol. The summed E-state index contributed by atoms with van der Waals surface area (Å²) in [6.07, 6.45) is 1.83. The molecule has 6 heteroatoms. The minimum Gasteiger partial charge on any atom is -0.478 e. The second-order valence-electron chi connectivity index (χ2n) is 5.53. The van der Waals surface area contributed by atoms with Gasteiger partial charge in [0.25, 0.3) is 0 Å². The molecule has 1 aliphatic rings. The Morgan fingerprint density at radius 3 is 2.37 bits per heavy atom. The van der Waals surface area contributed by atoms with Gasteiger partial charge in [-0.15, -0.1) is 11.3 Å². The second kappa shape index (κ2) is 4.78. The van der Waals surface area contributed by atoms with Crippen molar-refractivity contribution in [2.45, 2.75) is 38.9 Å². The molecule has 1 aliphatic heterocycles. The van der Waals surface area contributed by atoms with Crippen LogP contribution in [-0.2, 0) is 9.31 Å². The minimum atomic E-state index is -0.911. The molecule has 0 aromatic carbocycles. The highest BCUT2D eigenvalue weighted by Crippen LogP contribution is 2.37. The first-order chi connectivity index (χ1) is 8.71. The first kappa shape index (κ1) is 14.3. The quantitative estimate of drug-likeness (QED) is 0.864. The van der Waals surface area contributed by atoms with Gasteiger partial charge in [-0.25, -0.2) is 4.79 Å². The van der Waals surface area contributed by atoms with Crippen molar-refractivity contribution in [2.75, 3.05) is 0 Å². The van der Waals surface area contributed by atoms with Gasteiger partial charge < -0.3 is 14.4 Å². The van der Waals surface area contributed by atoms with E-state index in [0.717, 1.165) is 4.88 Å². The Kier molecular flexibility index (Phi) is 3.60. The lowest BCUT2D eigenvalue weighted by Gasteiger charge is -2.32. The van der Waals surface area contributed by atoms with E-state index >= 15 is 0 Å². The van der Waals surface area contributed by atoms with E-state index in [1.165, 1.54) is 11.3 Å². The van der Waals surface area contributed by atoms with Crippen LogP contribution >= 0.6 is 11.3 Å². The summed E-state index contributed by atoms with van der Waals surface area (Å²) in [7, 11) is -0.402. The zero-order chi connectivity index (χ0) is 14.3. The van der Waals surface area contributed by atoms with E-state index in [-0.39, 0.29) is 11.2 Å². The van der Waals surface area contributed by atoms with E-state index in [1.54, 1.807) is 11.4 Å². The van der Waals surface area contributed by atoms with Crippen LogP contribution in [-0.4, -0.2) is 29.4 Å². The summed E-state index contributed by atoms with van der Waals surface area (Å²) < 4.78 is 11.6. The molecule has 1 fully saturated rings. The number of rotatable bonds is 3. The van der Waals surface area contributed by atoms with E-state index < -0.39 is 13.1 Å². The summed E-state index contributed by atoms with van der Waals surface area (Å²) in [5.74, 6) is 0.903. The molecule has 0 saturated carbocycles. The van der Waals surface area contributed by atoms with Gasteiger partial charge in [0.2, 0.25) is 0 Å². The molecule has 4 nitrogen and oxygen atoms in total. The van der Waals surface area contributed by atoms with Gasteiger partial charge in [-0.1, -0.05) is 12.1 Å². The Hall–Kier alpha value is -1.11. The van der Waals surface area contributed by atoms with Crippen LogP contribution in [0.3, 0.4) is 0 Å². The van der Waals surface area contributed by atoms with Crippen molar-refractivity contribution in [3.63, 3.8) is 0 Å². The highest BCUT2D eigenvalue weighted by molar-refractivity contribution is 7.11. The Morgan fingerprint density at radius 1 is 1.32 bits per heavy atom. The number of hydrogen-bond acceptors (Lipinski definition) is 4. The van der Waals surface area contributed by atoms with E-state index in [2.05, 4.69) is 0 Å². The number of hydrogen-bond donors (Lipinski definition) is 1. The topological polar surface area (TPSA) is 55.8 Å². The monoisotopic (exact) mass is 280 g/mol. The number of carboxylic acid groups (broad SMARTS) is 1. The number of thiophene rings is 1. The summed E-state index contributed by atoms with van der Waals surface area (Å²) in [5, 5.41) is 10.5. The van der Waals surface area contributed by atoms with Crippen molar-refractivity contribution in [1.29, 1.82) is 0 Å². The fraction of sp³-hybridized carbons (Fsp3) is 0.462. The molecule has 0 bridgehead atoms. The van der Waals surface area contributed by atoms with Crippen molar-refractivity contribution in [3.8, 4) is 0 Å². The Balaban J connectivity index is 2.06. The van der Waals surface area contributed by atoms with Gasteiger partial charge in [0.1, 0.15) is 0 Å². The predicted molar refractivity (Wildman–Crippen MR) is 76.4 cm³/mol.